The van der Waals surface area contributed by atoms with Gasteiger partial charge in [0.1, 0.15) is 11.5 Å². The van der Waals surface area contributed by atoms with Gasteiger partial charge < -0.3 is 20.9 Å². The van der Waals surface area contributed by atoms with Crippen LogP contribution >= 0.6 is 0 Å². The number of nitrogens with two attached hydrogens (primary N) is 2. The third-order valence-corrected chi connectivity index (χ3v) is 4.64. The Morgan fingerprint density at radius 2 is 1.29 bits per heavy atom. The molecule has 166 valence electrons. The van der Waals surface area contributed by atoms with Gasteiger partial charge in [0.15, 0.2) is 6.17 Å². The monoisotopic (exact) mass is 444 g/mol. The minimum absolute atomic E-state index is 0.0335. The van der Waals surface area contributed by atoms with Crippen LogP contribution < -0.4 is 20.9 Å². The molecule has 0 heterocycles. The van der Waals surface area contributed by atoms with Crippen molar-refractivity contribution in [3.63, 3.8) is 0 Å². The van der Waals surface area contributed by atoms with Crippen molar-refractivity contribution in [1.29, 1.82) is 0 Å². The zero-order valence-electron chi connectivity index (χ0n) is 15.8. The number of para-hydroxylation sites is 4. The number of hydrogen-bond acceptors (Lipinski definition) is 4. The van der Waals surface area contributed by atoms with E-state index in [1.54, 1.807) is 12.1 Å². The van der Waals surface area contributed by atoms with Crippen LogP contribution in [0.3, 0.4) is 0 Å². The molecular weight excluding hydrogens is 426 g/mol. The summed E-state index contributed by atoms with van der Waals surface area (Å²) in [6.45, 7) is 0. The SMILES string of the molecule is Nc1ccccc1OC1(Oc2ccccc2N)C=CC=CC1C(F)C(F)(F)C(F)(F)F. The summed E-state index contributed by atoms with van der Waals surface area (Å²) in [6.07, 6.45) is -5.63. The fourth-order valence-electron chi connectivity index (χ4n) is 3.02. The van der Waals surface area contributed by atoms with Gasteiger partial charge in [-0.25, -0.2) is 4.39 Å². The van der Waals surface area contributed by atoms with Gasteiger partial charge in [0.2, 0.25) is 0 Å². The topological polar surface area (TPSA) is 70.5 Å². The molecule has 0 saturated heterocycles. The Kier molecular flexibility index (Phi) is 5.84. The molecule has 0 aliphatic heterocycles. The number of allylic oxidation sites excluding steroid dienone is 2. The molecule has 2 aromatic carbocycles. The van der Waals surface area contributed by atoms with Crippen LogP contribution in [-0.2, 0) is 0 Å². The first kappa shape index (κ1) is 22.4. The van der Waals surface area contributed by atoms with Crippen molar-refractivity contribution >= 4 is 11.4 Å². The number of anilines is 2. The van der Waals surface area contributed by atoms with Crippen molar-refractivity contribution < 1.29 is 35.8 Å². The smallest absolute Gasteiger partial charge is 0.446 e. The Morgan fingerprint density at radius 3 is 1.74 bits per heavy atom. The van der Waals surface area contributed by atoms with Gasteiger partial charge in [0.05, 0.1) is 17.3 Å². The van der Waals surface area contributed by atoms with E-state index in [4.69, 9.17) is 20.9 Å². The minimum Gasteiger partial charge on any atom is -0.446 e. The molecule has 2 atom stereocenters. The number of alkyl halides is 6. The number of rotatable bonds is 6. The molecule has 0 saturated carbocycles. The first-order chi connectivity index (χ1) is 14.5. The van der Waals surface area contributed by atoms with E-state index < -0.39 is 30.0 Å². The van der Waals surface area contributed by atoms with Crippen LogP contribution in [0.25, 0.3) is 0 Å². The van der Waals surface area contributed by atoms with Crippen molar-refractivity contribution in [2.24, 2.45) is 5.92 Å². The van der Waals surface area contributed by atoms with E-state index in [1.165, 1.54) is 42.5 Å². The van der Waals surface area contributed by atoms with Crippen LogP contribution in [-0.4, -0.2) is 24.1 Å². The van der Waals surface area contributed by atoms with Crippen molar-refractivity contribution in [3.8, 4) is 11.5 Å². The van der Waals surface area contributed by atoms with E-state index in [1.807, 2.05) is 0 Å². The molecule has 0 aromatic heterocycles. The molecule has 4 nitrogen and oxygen atoms in total. The highest BCUT2D eigenvalue weighted by Gasteiger charge is 2.68. The van der Waals surface area contributed by atoms with Gasteiger partial charge >= 0.3 is 12.1 Å². The maximum absolute atomic E-state index is 14.9. The normalized spacial score (nSPS) is 19.1. The summed E-state index contributed by atoms with van der Waals surface area (Å²) in [6, 6.07) is 11.6. The van der Waals surface area contributed by atoms with Crippen molar-refractivity contribution in [2.75, 3.05) is 11.5 Å². The molecule has 0 radical (unpaired) electrons. The highest BCUT2D eigenvalue weighted by Crippen LogP contribution is 2.47. The van der Waals surface area contributed by atoms with Gasteiger partial charge in [-0.2, -0.15) is 22.0 Å². The van der Waals surface area contributed by atoms with E-state index in [0.29, 0.717) is 0 Å². The molecule has 0 amide bonds. The van der Waals surface area contributed by atoms with Crippen LogP contribution in [0.15, 0.2) is 72.8 Å². The number of halogens is 6. The molecule has 1 aliphatic carbocycles. The van der Waals surface area contributed by atoms with Gasteiger partial charge in [-0.1, -0.05) is 42.5 Å². The molecular formula is C21H18F6N2O2. The lowest BCUT2D eigenvalue weighted by Gasteiger charge is -2.41. The fourth-order valence-corrected chi connectivity index (χ4v) is 3.02. The summed E-state index contributed by atoms with van der Waals surface area (Å²) in [7, 11) is 0. The molecule has 1 aliphatic rings. The number of hydrogen-bond donors (Lipinski definition) is 2. The Hall–Kier alpha value is -3.30. The molecule has 3 rings (SSSR count). The van der Waals surface area contributed by atoms with Crippen LogP contribution in [0.4, 0.5) is 37.7 Å². The number of nitrogen functional groups attached to an aromatic ring is 2. The average Bonchev–Trinajstić information content (AvgIpc) is 2.70. The van der Waals surface area contributed by atoms with E-state index in [-0.39, 0.29) is 22.9 Å². The largest absolute Gasteiger partial charge is 0.456 e. The zero-order chi connectivity index (χ0) is 22.9. The van der Waals surface area contributed by atoms with Crippen LogP contribution in [0.5, 0.6) is 11.5 Å². The van der Waals surface area contributed by atoms with Gasteiger partial charge in [-0.05, 0) is 24.3 Å². The molecule has 0 spiro atoms. The van der Waals surface area contributed by atoms with Crippen molar-refractivity contribution in [1.82, 2.24) is 0 Å². The average molecular weight is 444 g/mol. The highest BCUT2D eigenvalue weighted by molar-refractivity contribution is 5.54. The van der Waals surface area contributed by atoms with Crippen molar-refractivity contribution in [3.05, 3.63) is 72.8 Å². The van der Waals surface area contributed by atoms with Gasteiger partial charge in [-0.15, -0.1) is 0 Å². The third-order valence-electron chi connectivity index (χ3n) is 4.64. The van der Waals surface area contributed by atoms with E-state index >= 15 is 0 Å². The van der Waals surface area contributed by atoms with Gasteiger partial charge in [0, 0.05) is 6.08 Å². The van der Waals surface area contributed by atoms with E-state index in [2.05, 4.69) is 0 Å². The third kappa shape index (κ3) is 4.28. The quantitative estimate of drug-likeness (QED) is 0.361. The summed E-state index contributed by atoms with van der Waals surface area (Å²) in [4.78, 5) is 0. The Morgan fingerprint density at radius 1 is 0.806 bits per heavy atom. The molecule has 31 heavy (non-hydrogen) atoms. The maximum atomic E-state index is 14.9. The standard InChI is InChI=1S/C21H18F6N2O2/c22-18(20(23,24)21(25,26)27)13-7-5-6-12-19(13,30-16-10-3-1-8-14(16)28)31-17-11-4-2-9-15(17)29/h1-13,18H,28-29H2. The summed E-state index contributed by atoms with van der Waals surface area (Å²) < 4.78 is 93.0. The molecule has 0 fully saturated rings. The highest BCUT2D eigenvalue weighted by atomic mass is 19.4. The molecule has 2 unspecified atom stereocenters. The first-order valence-corrected chi connectivity index (χ1v) is 8.99. The fraction of sp³-hybridized carbons (Fsp3) is 0.238. The molecule has 0 bridgehead atoms. The lowest BCUT2D eigenvalue weighted by atomic mass is 9.85. The minimum atomic E-state index is -6.13. The predicted molar refractivity (Wildman–Crippen MR) is 103 cm³/mol. The Labute approximate surface area is 173 Å². The number of benzene rings is 2. The number of ether oxygens (including phenoxy) is 2. The second-order valence-corrected chi connectivity index (χ2v) is 6.79. The van der Waals surface area contributed by atoms with Crippen molar-refractivity contribution in [2.45, 2.75) is 24.1 Å². The Balaban J connectivity index is 2.12. The zero-order valence-corrected chi connectivity index (χ0v) is 15.8. The maximum Gasteiger partial charge on any atom is 0.456 e. The molecule has 4 N–H and O–H groups in total. The molecule has 10 heteroatoms. The lowest BCUT2D eigenvalue weighted by Crippen LogP contribution is -2.58. The van der Waals surface area contributed by atoms with E-state index in [0.717, 1.165) is 18.2 Å². The summed E-state index contributed by atoms with van der Waals surface area (Å²) in [5, 5.41) is 0. The summed E-state index contributed by atoms with van der Waals surface area (Å²) >= 11 is 0. The van der Waals surface area contributed by atoms with Gasteiger partial charge in [0.25, 0.3) is 5.79 Å². The van der Waals surface area contributed by atoms with Gasteiger partial charge in [-0.3, -0.25) is 0 Å². The lowest BCUT2D eigenvalue weighted by molar-refractivity contribution is -0.315. The molecule has 2 aromatic rings. The second-order valence-electron chi connectivity index (χ2n) is 6.79. The van der Waals surface area contributed by atoms with Crippen LogP contribution in [0, 0.1) is 5.92 Å². The van der Waals surface area contributed by atoms with E-state index in [9.17, 15) is 26.3 Å². The van der Waals surface area contributed by atoms with Crippen LogP contribution in [0.1, 0.15) is 0 Å². The summed E-state index contributed by atoms with van der Waals surface area (Å²) in [5.41, 5.74) is 11.7. The van der Waals surface area contributed by atoms with Crippen LogP contribution in [0.2, 0.25) is 0 Å². The second kappa shape index (κ2) is 8.09. The Bertz CT molecular complexity index is 942. The first-order valence-electron chi connectivity index (χ1n) is 8.99. The summed E-state index contributed by atoms with van der Waals surface area (Å²) in [5.74, 6) is -10.6. The predicted octanol–water partition coefficient (Wildman–Crippen LogP) is 5.28.